The summed E-state index contributed by atoms with van der Waals surface area (Å²) in [5.41, 5.74) is -0.601. The molecule has 156 valence electrons. The number of halogens is 1. The summed E-state index contributed by atoms with van der Waals surface area (Å²) in [5, 5.41) is 20.2. The molecule has 0 aromatic carbocycles. The maximum atomic E-state index is 12.1. The molecule has 1 fully saturated rings. The Morgan fingerprint density at radius 3 is 2.71 bits per heavy atom. The normalized spacial score (nSPS) is 15.8. The lowest BCUT2D eigenvalue weighted by Crippen LogP contribution is -2.57. The van der Waals surface area contributed by atoms with Crippen molar-refractivity contribution in [2.24, 2.45) is 0 Å². The molecule has 0 spiro atoms. The molecule has 13 heteroatoms. The Morgan fingerprint density at radius 1 is 1.36 bits per heavy atom. The quantitative estimate of drug-likeness (QED) is 0.404. The molecule has 4 N–H and O–H groups in total. The summed E-state index contributed by atoms with van der Waals surface area (Å²) < 4.78 is 28.0. The molecule has 3 heterocycles. The van der Waals surface area contributed by atoms with Crippen molar-refractivity contribution in [2.45, 2.75) is 25.5 Å². The molecule has 3 rings (SSSR count). The van der Waals surface area contributed by atoms with Crippen LogP contribution in [0.25, 0.3) is 5.65 Å². The second kappa shape index (κ2) is 7.95. The van der Waals surface area contributed by atoms with Crippen LogP contribution in [0.5, 0.6) is 0 Å². The smallest absolute Gasteiger partial charge is 0.230 e. The summed E-state index contributed by atoms with van der Waals surface area (Å²) in [6.45, 7) is 4.66. The number of nitrogens with one attached hydrogen (secondary N) is 3. The van der Waals surface area contributed by atoms with E-state index in [0.29, 0.717) is 23.6 Å². The van der Waals surface area contributed by atoms with Gasteiger partial charge in [0.1, 0.15) is 0 Å². The van der Waals surface area contributed by atoms with E-state index in [1.807, 2.05) is 11.9 Å². The SMILES string of the molecule is CNC1CN(c2nc(NCCS(=O)(=O)NCC(C)(C)O)n3nc(Cl)cc3n2)C1. The molecule has 0 bridgehead atoms. The number of nitrogens with zero attached hydrogens (tertiary/aromatic N) is 5. The van der Waals surface area contributed by atoms with Crippen molar-refractivity contribution in [2.75, 3.05) is 49.2 Å². The van der Waals surface area contributed by atoms with E-state index < -0.39 is 15.6 Å². The highest BCUT2D eigenvalue weighted by molar-refractivity contribution is 7.89. The minimum absolute atomic E-state index is 0.0619. The number of sulfonamides is 1. The average molecular weight is 433 g/mol. The molecule has 2 aromatic rings. The summed E-state index contributed by atoms with van der Waals surface area (Å²) in [6.07, 6.45) is 0. The number of aromatic nitrogens is 4. The number of hydrogen-bond donors (Lipinski definition) is 4. The fourth-order valence-corrected chi connectivity index (χ4v) is 3.85. The maximum absolute atomic E-state index is 12.1. The number of likely N-dealkylation sites (N-methyl/N-ethyl adjacent to an activating group) is 1. The zero-order valence-corrected chi connectivity index (χ0v) is 17.5. The van der Waals surface area contributed by atoms with Crippen LogP contribution in [0.1, 0.15) is 13.8 Å². The fourth-order valence-electron chi connectivity index (χ4n) is 2.58. The molecule has 2 aromatic heterocycles. The monoisotopic (exact) mass is 432 g/mol. The molecule has 0 atom stereocenters. The van der Waals surface area contributed by atoms with E-state index in [0.717, 1.165) is 13.1 Å². The number of rotatable bonds is 9. The molecule has 1 aliphatic heterocycles. The molecule has 0 unspecified atom stereocenters. The number of hydrogen-bond acceptors (Lipinski definition) is 9. The van der Waals surface area contributed by atoms with Gasteiger partial charge in [-0.15, -0.1) is 0 Å². The van der Waals surface area contributed by atoms with Gasteiger partial charge in [-0.3, -0.25) is 0 Å². The molecule has 1 saturated heterocycles. The van der Waals surface area contributed by atoms with Crippen molar-refractivity contribution >= 4 is 39.2 Å². The molecular weight excluding hydrogens is 408 g/mol. The van der Waals surface area contributed by atoms with E-state index in [-0.39, 0.29) is 24.0 Å². The van der Waals surface area contributed by atoms with E-state index in [2.05, 4.69) is 30.4 Å². The van der Waals surface area contributed by atoms with Crippen molar-refractivity contribution in [1.82, 2.24) is 29.6 Å². The Morgan fingerprint density at radius 2 is 2.07 bits per heavy atom. The molecule has 0 saturated carbocycles. The number of fused-ring (bicyclic) bond motifs is 1. The molecule has 11 nitrogen and oxygen atoms in total. The highest BCUT2D eigenvalue weighted by Gasteiger charge is 2.28. The predicted molar refractivity (Wildman–Crippen MR) is 107 cm³/mol. The van der Waals surface area contributed by atoms with E-state index in [1.54, 1.807) is 6.07 Å². The van der Waals surface area contributed by atoms with Crippen molar-refractivity contribution < 1.29 is 13.5 Å². The number of anilines is 2. The third-order valence-electron chi connectivity index (χ3n) is 4.23. The Labute approximate surface area is 168 Å². The average Bonchev–Trinajstić information content (AvgIpc) is 2.92. The minimum atomic E-state index is -3.55. The molecule has 0 radical (unpaired) electrons. The van der Waals surface area contributed by atoms with Crippen LogP contribution in [0, 0.1) is 0 Å². The zero-order chi connectivity index (χ0) is 20.5. The first-order valence-electron chi connectivity index (χ1n) is 8.85. The van der Waals surface area contributed by atoms with Crippen LogP contribution in [0.3, 0.4) is 0 Å². The Balaban J connectivity index is 1.70. The topological polar surface area (TPSA) is 137 Å². The van der Waals surface area contributed by atoms with Gasteiger partial charge >= 0.3 is 0 Å². The van der Waals surface area contributed by atoms with E-state index in [9.17, 15) is 13.5 Å². The van der Waals surface area contributed by atoms with Gasteiger partial charge < -0.3 is 20.6 Å². The number of aliphatic hydroxyl groups is 1. The van der Waals surface area contributed by atoms with Crippen LogP contribution < -0.4 is 20.3 Å². The van der Waals surface area contributed by atoms with Gasteiger partial charge in [0, 0.05) is 38.3 Å². The standard InChI is InChI=1S/C15H25ClN8O3S/c1-15(2,25)9-19-28(26,27)5-4-18-13-21-14(23-7-10(8-23)17-3)20-12-6-11(16)22-24(12)13/h6,10,17,19,25H,4-5,7-9H2,1-3H3,(H,18,20,21). The molecular formula is C15H25ClN8O3S. The predicted octanol–water partition coefficient (Wildman–Crippen LogP) is -0.712. The van der Waals surface area contributed by atoms with Crippen molar-refractivity contribution in [3.63, 3.8) is 0 Å². The van der Waals surface area contributed by atoms with Gasteiger partial charge in [-0.2, -0.15) is 19.6 Å². The Bertz CT molecular complexity index is 937. The van der Waals surface area contributed by atoms with Crippen LogP contribution in [-0.4, -0.2) is 83.7 Å². The van der Waals surface area contributed by atoms with E-state index in [1.165, 1.54) is 18.4 Å². The fraction of sp³-hybridized carbons (Fsp3) is 0.667. The first-order chi connectivity index (χ1) is 13.1. The highest BCUT2D eigenvalue weighted by atomic mass is 35.5. The maximum Gasteiger partial charge on any atom is 0.230 e. The summed E-state index contributed by atoms with van der Waals surface area (Å²) >= 11 is 5.99. The summed E-state index contributed by atoms with van der Waals surface area (Å²) in [6, 6.07) is 2.01. The second-order valence-electron chi connectivity index (χ2n) is 7.35. The third-order valence-corrected chi connectivity index (χ3v) is 5.74. The Kier molecular flexibility index (Phi) is 5.96. The highest BCUT2D eigenvalue weighted by Crippen LogP contribution is 2.21. The van der Waals surface area contributed by atoms with Crippen LogP contribution in [0.4, 0.5) is 11.9 Å². The first-order valence-corrected chi connectivity index (χ1v) is 10.9. The van der Waals surface area contributed by atoms with Gasteiger partial charge in [0.2, 0.25) is 21.9 Å². The second-order valence-corrected chi connectivity index (χ2v) is 9.67. The van der Waals surface area contributed by atoms with Crippen LogP contribution in [-0.2, 0) is 10.0 Å². The zero-order valence-electron chi connectivity index (χ0n) is 16.0. The van der Waals surface area contributed by atoms with Gasteiger partial charge in [0.15, 0.2) is 10.8 Å². The van der Waals surface area contributed by atoms with E-state index >= 15 is 0 Å². The van der Waals surface area contributed by atoms with Gasteiger partial charge in [-0.05, 0) is 20.9 Å². The Hall–Kier alpha value is -1.73. The third kappa shape index (κ3) is 5.20. The van der Waals surface area contributed by atoms with Crippen molar-refractivity contribution in [1.29, 1.82) is 0 Å². The van der Waals surface area contributed by atoms with Gasteiger partial charge in [0.25, 0.3) is 0 Å². The lowest BCUT2D eigenvalue weighted by Gasteiger charge is -2.39. The largest absolute Gasteiger partial charge is 0.389 e. The lowest BCUT2D eigenvalue weighted by molar-refractivity contribution is 0.0857. The van der Waals surface area contributed by atoms with Crippen molar-refractivity contribution in [3.05, 3.63) is 11.2 Å². The summed E-state index contributed by atoms with van der Waals surface area (Å²) in [7, 11) is -1.65. The van der Waals surface area contributed by atoms with E-state index in [4.69, 9.17) is 11.6 Å². The van der Waals surface area contributed by atoms with Gasteiger partial charge in [0.05, 0.1) is 11.4 Å². The lowest BCUT2D eigenvalue weighted by atomic mass is 10.1. The first kappa shape index (κ1) is 21.0. The molecule has 1 aliphatic rings. The van der Waals surface area contributed by atoms with Crippen LogP contribution >= 0.6 is 11.6 Å². The summed E-state index contributed by atoms with van der Waals surface area (Å²) in [5.74, 6) is 0.698. The van der Waals surface area contributed by atoms with Gasteiger partial charge in [-0.25, -0.2) is 13.1 Å². The molecule has 28 heavy (non-hydrogen) atoms. The molecule has 0 aliphatic carbocycles. The van der Waals surface area contributed by atoms with Crippen LogP contribution in [0.15, 0.2) is 6.07 Å². The van der Waals surface area contributed by atoms with Gasteiger partial charge in [-0.1, -0.05) is 11.6 Å². The molecule has 0 amide bonds. The van der Waals surface area contributed by atoms with Crippen LogP contribution in [0.2, 0.25) is 5.15 Å². The summed E-state index contributed by atoms with van der Waals surface area (Å²) in [4.78, 5) is 10.9. The van der Waals surface area contributed by atoms with Crippen molar-refractivity contribution in [3.8, 4) is 0 Å². The minimum Gasteiger partial charge on any atom is -0.389 e.